The highest BCUT2D eigenvalue weighted by molar-refractivity contribution is 5.80. The van der Waals surface area contributed by atoms with Crippen LogP contribution < -0.4 is 14.8 Å². The van der Waals surface area contributed by atoms with E-state index in [-0.39, 0.29) is 17.8 Å². The molecule has 2 aromatic rings. The fraction of sp³-hybridized carbons (Fsp3) is 0.316. The molecule has 0 fully saturated rings. The fourth-order valence-corrected chi connectivity index (χ4v) is 2.10. The highest BCUT2D eigenvalue weighted by Gasteiger charge is 2.14. The van der Waals surface area contributed by atoms with E-state index in [4.69, 9.17) is 9.47 Å². The quantitative estimate of drug-likeness (QED) is 0.841. The van der Waals surface area contributed by atoms with E-state index in [1.807, 2.05) is 38.1 Å². The zero-order valence-corrected chi connectivity index (χ0v) is 14.1. The Morgan fingerprint density at radius 2 is 1.75 bits per heavy atom. The molecule has 1 N–H and O–H groups in total. The molecule has 128 valence electrons. The van der Waals surface area contributed by atoms with E-state index >= 15 is 0 Å². The van der Waals surface area contributed by atoms with Gasteiger partial charge < -0.3 is 14.8 Å². The Morgan fingerprint density at radius 1 is 1.04 bits per heavy atom. The van der Waals surface area contributed by atoms with Crippen LogP contribution in [0.3, 0.4) is 0 Å². The SMILES string of the molecule is CC(C)Oc1cccc(CNC(=O)[C@@H](C)Oc2ccc(F)cc2)c1. The summed E-state index contributed by atoms with van der Waals surface area (Å²) in [6, 6.07) is 13.1. The molecule has 0 radical (unpaired) electrons. The number of ether oxygens (including phenoxy) is 2. The van der Waals surface area contributed by atoms with Crippen molar-refractivity contribution in [2.45, 2.75) is 39.5 Å². The van der Waals surface area contributed by atoms with E-state index in [2.05, 4.69) is 5.32 Å². The molecule has 5 heteroatoms. The molecule has 2 aromatic carbocycles. The molecular formula is C19H22FNO3. The van der Waals surface area contributed by atoms with Gasteiger partial charge in [-0.05, 0) is 62.7 Å². The first-order chi connectivity index (χ1) is 11.4. The number of nitrogens with one attached hydrogen (secondary N) is 1. The van der Waals surface area contributed by atoms with Crippen molar-refractivity contribution in [1.29, 1.82) is 0 Å². The van der Waals surface area contributed by atoms with Gasteiger partial charge in [-0.25, -0.2) is 4.39 Å². The van der Waals surface area contributed by atoms with Crippen molar-refractivity contribution < 1.29 is 18.7 Å². The van der Waals surface area contributed by atoms with Gasteiger partial charge in [-0.1, -0.05) is 12.1 Å². The predicted octanol–water partition coefficient (Wildman–Crippen LogP) is 3.70. The summed E-state index contributed by atoms with van der Waals surface area (Å²) in [5.74, 6) is 0.635. The molecule has 0 spiro atoms. The second kappa shape index (κ2) is 8.34. The second-order valence-electron chi connectivity index (χ2n) is 5.75. The summed E-state index contributed by atoms with van der Waals surface area (Å²) in [4.78, 5) is 12.1. The van der Waals surface area contributed by atoms with Crippen molar-refractivity contribution in [1.82, 2.24) is 5.32 Å². The maximum Gasteiger partial charge on any atom is 0.261 e. The molecule has 1 amide bonds. The number of amides is 1. The summed E-state index contributed by atoms with van der Waals surface area (Å²) in [6.45, 7) is 5.95. The van der Waals surface area contributed by atoms with E-state index in [1.54, 1.807) is 6.92 Å². The number of hydrogen-bond donors (Lipinski definition) is 1. The molecule has 0 aliphatic heterocycles. The van der Waals surface area contributed by atoms with Crippen molar-refractivity contribution in [3.8, 4) is 11.5 Å². The van der Waals surface area contributed by atoms with Crippen molar-refractivity contribution in [2.75, 3.05) is 0 Å². The van der Waals surface area contributed by atoms with Gasteiger partial charge in [0.25, 0.3) is 5.91 Å². The lowest BCUT2D eigenvalue weighted by Crippen LogP contribution is -2.35. The standard InChI is InChI=1S/C19H22FNO3/c1-13(2)23-18-6-4-5-15(11-18)12-21-19(22)14(3)24-17-9-7-16(20)8-10-17/h4-11,13-14H,12H2,1-3H3,(H,21,22)/t14-/m1/s1. The molecule has 4 nitrogen and oxygen atoms in total. The maximum absolute atomic E-state index is 12.9. The summed E-state index contributed by atoms with van der Waals surface area (Å²) >= 11 is 0. The first-order valence-electron chi connectivity index (χ1n) is 7.89. The molecule has 0 unspecified atom stereocenters. The highest BCUT2D eigenvalue weighted by Crippen LogP contribution is 2.15. The fourth-order valence-electron chi connectivity index (χ4n) is 2.10. The van der Waals surface area contributed by atoms with Gasteiger partial charge in [-0.15, -0.1) is 0 Å². The second-order valence-corrected chi connectivity index (χ2v) is 5.75. The van der Waals surface area contributed by atoms with Crippen LogP contribution in [0.15, 0.2) is 48.5 Å². The molecule has 2 rings (SSSR count). The van der Waals surface area contributed by atoms with E-state index in [9.17, 15) is 9.18 Å². The summed E-state index contributed by atoms with van der Waals surface area (Å²) in [7, 11) is 0. The lowest BCUT2D eigenvalue weighted by atomic mass is 10.2. The summed E-state index contributed by atoms with van der Waals surface area (Å²) < 4.78 is 24.0. The number of carbonyl (C=O) groups is 1. The molecule has 0 aliphatic rings. The number of benzene rings is 2. The van der Waals surface area contributed by atoms with Crippen LogP contribution in [-0.4, -0.2) is 18.1 Å². The molecule has 0 bridgehead atoms. The summed E-state index contributed by atoms with van der Waals surface area (Å²) in [5, 5.41) is 2.82. The van der Waals surface area contributed by atoms with Gasteiger partial charge in [0.05, 0.1) is 6.10 Å². The molecule has 0 heterocycles. The average Bonchev–Trinajstić information content (AvgIpc) is 2.54. The minimum absolute atomic E-state index is 0.0963. The van der Waals surface area contributed by atoms with E-state index in [0.29, 0.717) is 12.3 Å². The van der Waals surface area contributed by atoms with Gasteiger partial charge in [-0.2, -0.15) is 0 Å². The van der Waals surface area contributed by atoms with Crippen molar-refractivity contribution in [3.63, 3.8) is 0 Å². The Balaban J connectivity index is 1.86. The van der Waals surface area contributed by atoms with Crippen molar-refractivity contribution >= 4 is 5.91 Å². The van der Waals surface area contributed by atoms with Gasteiger partial charge in [0, 0.05) is 6.54 Å². The third-order valence-corrected chi connectivity index (χ3v) is 3.23. The van der Waals surface area contributed by atoms with Gasteiger partial charge >= 0.3 is 0 Å². The molecular weight excluding hydrogens is 309 g/mol. The van der Waals surface area contributed by atoms with Crippen LogP contribution in [-0.2, 0) is 11.3 Å². The molecule has 0 saturated carbocycles. The predicted molar refractivity (Wildman–Crippen MR) is 90.5 cm³/mol. The van der Waals surface area contributed by atoms with E-state index in [1.165, 1.54) is 24.3 Å². The largest absolute Gasteiger partial charge is 0.491 e. The minimum atomic E-state index is -0.675. The molecule has 24 heavy (non-hydrogen) atoms. The highest BCUT2D eigenvalue weighted by atomic mass is 19.1. The van der Waals surface area contributed by atoms with Crippen LogP contribution >= 0.6 is 0 Å². The van der Waals surface area contributed by atoms with Crippen LogP contribution in [0, 0.1) is 5.82 Å². The zero-order chi connectivity index (χ0) is 17.5. The Morgan fingerprint density at radius 3 is 2.42 bits per heavy atom. The van der Waals surface area contributed by atoms with Crippen LogP contribution in [0.4, 0.5) is 4.39 Å². The summed E-state index contributed by atoms with van der Waals surface area (Å²) in [6.07, 6.45) is -0.579. The Kier molecular flexibility index (Phi) is 6.18. The van der Waals surface area contributed by atoms with Crippen LogP contribution in [0.25, 0.3) is 0 Å². The Hall–Kier alpha value is -2.56. The van der Waals surface area contributed by atoms with E-state index < -0.39 is 6.10 Å². The van der Waals surface area contributed by atoms with Gasteiger partial charge in [0.2, 0.25) is 0 Å². The van der Waals surface area contributed by atoms with Crippen LogP contribution in [0.1, 0.15) is 26.3 Å². The Labute approximate surface area is 141 Å². The summed E-state index contributed by atoms with van der Waals surface area (Å²) in [5.41, 5.74) is 0.940. The smallest absolute Gasteiger partial charge is 0.261 e. The molecule has 1 atom stereocenters. The third kappa shape index (κ3) is 5.57. The number of hydrogen-bond acceptors (Lipinski definition) is 3. The monoisotopic (exact) mass is 331 g/mol. The normalized spacial score (nSPS) is 11.9. The zero-order valence-electron chi connectivity index (χ0n) is 14.1. The topological polar surface area (TPSA) is 47.6 Å². The first kappa shape index (κ1) is 17.8. The number of halogens is 1. The lowest BCUT2D eigenvalue weighted by molar-refractivity contribution is -0.127. The van der Waals surface area contributed by atoms with Crippen molar-refractivity contribution in [3.05, 3.63) is 59.9 Å². The van der Waals surface area contributed by atoms with Gasteiger partial charge in [0.15, 0.2) is 6.10 Å². The van der Waals surface area contributed by atoms with Crippen LogP contribution in [0.2, 0.25) is 0 Å². The van der Waals surface area contributed by atoms with E-state index in [0.717, 1.165) is 11.3 Å². The average molecular weight is 331 g/mol. The first-order valence-corrected chi connectivity index (χ1v) is 7.89. The Bertz CT molecular complexity index is 671. The molecule has 0 saturated heterocycles. The van der Waals surface area contributed by atoms with Crippen LogP contribution in [0.5, 0.6) is 11.5 Å². The molecule has 0 aliphatic carbocycles. The number of carbonyl (C=O) groups excluding carboxylic acids is 1. The lowest BCUT2D eigenvalue weighted by Gasteiger charge is -2.15. The third-order valence-electron chi connectivity index (χ3n) is 3.23. The molecule has 0 aromatic heterocycles. The number of rotatable bonds is 7. The minimum Gasteiger partial charge on any atom is -0.491 e. The van der Waals surface area contributed by atoms with Gasteiger partial charge in [-0.3, -0.25) is 4.79 Å². The van der Waals surface area contributed by atoms with Crippen molar-refractivity contribution in [2.24, 2.45) is 0 Å². The van der Waals surface area contributed by atoms with Gasteiger partial charge in [0.1, 0.15) is 17.3 Å². The maximum atomic E-state index is 12.9.